The Hall–Kier alpha value is -1.63. The van der Waals surface area contributed by atoms with Crippen molar-refractivity contribution >= 4 is 6.09 Å². The number of carbonyl (C=O) groups is 1. The summed E-state index contributed by atoms with van der Waals surface area (Å²) in [5.74, 6) is 0.675. The third kappa shape index (κ3) is 2.13. The number of hydrogen-bond donors (Lipinski definition) is 3. The lowest BCUT2D eigenvalue weighted by Gasteiger charge is -2.08. The average molecular weight is 227 g/mol. The minimum Gasteiger partial charge on any atom is -0.465 e. The molecular weight excluding hydrogens is 214 g/mol. The summed E-state index contributed by atoms with van der Waals surface area (Å²) >= 11 is 0. The van der Waals surface area contributed by atoms with Gasteiger partial charge in [-0.3, -0.25) is 0 Å². The molecule has 1 unspecified atom stereocenters. The average Bonchev–Trinajstić information content (AvgIpc) is 2.75. The van der Waals surface area contributed by atoms with Crippen molar-refractivity contribution in [3.63, 3.8) is 0 Å². The molecule has 0 radical (unpaired) electrons. The molecule has 3 N–H and O–H groups in total. The number of aromatic nitrogens is 2. The quantitative estimate of drug-likeness (QED) is 0.680. The Labute approximate surface area is 91.5 Å². The van der Waals surface area contributed by atoms with E-state index in [2.05, 4.69) is 15.5 Å². The van der Waals surface area contributed by atoms with E-state index in [0.717, 1.165) is 0 Å². The molecule has 0 saturated heterocycles. The van der Waals surface area contributed by atoms with E-state index < -0.39 is 17.7 Å². The maximum absolute atomic E-state index is 10.6. The predicted molar refractivity (Wildman–Crippen MR) is 51.8 cm³/mol. The van der Waals surface area contributed by atoms with Crippen molar-refractivity contribution in [2.45, 2.75) is 37.8 Å². The largest absolute Gasteiger partial charge is 0.465 e. The molecule has 1 atom stereocenters. The van der Waals surface area contributed by atoms with Crippen LogP contribution < -0.4 is 5.32 Å². The van der Waals surface area contributed by atoms with Crippen LogP contribution in [0.3, 0.4) is 0 Å². The molecule has 1 amide bonds. The Morgan fingerprint density at radius 1 is 1.69 bits per heavy atom. The minimum atomic E-state index is -1.10. The topological polar surface area (TPSA) is 108 Å². The molecule has 1 saturated carbocycles. The predicted octanol–water partition coefficient (Wildman–Crippen LogP) is 0.250. The Morgan fingerprint density at radius 3 is 2.88 bits per heavy atom. The normalized spacial score (nSPS) is 19.1. The lowest BCUT2D eigenvalue weighted by Crippen LogP contribution is -2.33. The van der Waals surface area contributed by atoms with Crippen molar-refractivity contribution in [2.75, 3.05) is 0 Å². The van der Waals surface area contributed by atoms with Crippen LogP contribution in [0.1, 0.15) is 31.5 Å². The summed E-state index contributed by atoms with van der Waals surface area (Å²) in [6.45, 7) is 1.62. The number of nitrogens with one attached hydrogen (secondary N) is 1. The molecule has 1 aromatic rings. The summed E-state index contributed by atoms with van der Waals surface area (Å²) in [6, 6.07) is 0. The van der Waals surface area contributed by atoms with Gasteiger partial charge in [0, 0.05) is 6.42 Å². The molecule has 0 aliphatic heterocycles. The highest BCUT2D eigenvalue weighted by Gasteiger charge is 2.51. The maximum Gasteiger partial charge on any atom is 0.405 e. The van der Waals surface area contributed by atoms with Crippen LogP contribution in [-0.2, 0) is 12.0 Å². The van der Waals surface area contributed by atoms with Crippen LogP contribution in [0.5, 0.6) is 0 Å². The van der Waals surface area contributed by atoms with Gasteiger partial charge in [0.2, 0.25) is 0 Å². The fraction of sp³-hybridized carbons (Fsp3) is 0.667. The van der Waals surface area contributed by atoms with E-state index in [1.54, 1.807) is 6.92 Å². The van der Waals surface area contributed by atoms with E-state index in [4.69, 9.17) is 14.7 Å². The highest BCUT2D eigenvalue weighted by Crippen LogP contribution is 2.44. The molecule has 88 valence electrons. The zero-order valence-electron chi connectivity index (χ0n) is 8.80. The van der Waals surface area contributed by atoms with E-state index in [-0.39, 0.29) is 5.89 Å². The first-order chi connectivity index (χ1) is 7.52. The Kier molecular flexibility index (Phi) is 2.55. The van der Waals surface area contributed by atoms with Gasteiger partial charge in [0.1, 0.15) is 5.54 Å². The maximum atomic E-state index is 10.6. The fourth-order valence-corrected chi connectivity index (χ4v) is 1.52. The molecule has 1 fully saturated rings. The zero-order valence-corrected chi connectivity index (χ0v) is 8.80. The van der Waals surface area contributed by atoms with E-state index in [0.29, 0.717) is 25.1 Å². The van der Waals surface area contributed by atoms with Gasteiger partial charge in [0.25, 0.3) is 5.89 Å². The van der Waals surface area contributed by atoms with Crippen LogP contribution in [-0.4, -0.2) is 32.6 Å². The second kappa shape index (κ2) is 3.75. The van der Waals surface area contributed by atoms with Gasteiger partial charge in [0.15, 0.2) is 5.82 Å². The van der Waals surface area contributed by atoms with Gasteiger partial charge >= 0.3 is 6.09 Å². The van der Waals surface area contributed by atoms with Crippen LogP contribution in [0.25, 0.3) is 0 Å². The Bertz CT molecular complexity index is 397. The highest BCUT2D eigenvalue weighted by molar-refractivity contribution is 5.66. The number of aliphatic hydroxyl groups is 1. The third-order valence-electron chi connectivity index (χ3n) is 2.45. The lowest BCUT2D eigenvalue weighted by atomic mass is 10.2. The number of carboxylic acid groups (broad SMARTS) is 1. The molecule has 16 heavy (non-hydrogen) atoms. The van der Waals surface area contributed by atoms with Gasteiger partial charge in [-0.1, -0.05) is 5.16 Å². The van der Waals surface area contributed by atoms with Gasteiger partial charge in [-0.2, -0.15) is 4.98 Å². The van der Waals surface area contributed by atoms with Crippen LogP contribution in [0.15, 0.2) is 4.52 Å². The summed E-state index contributed by atoms with van der Waals surface area (Å²) in [6.07, 6.45) is -0.0291. The Balaban J connectivity index is 2.09. The summed E-state index contributed by atoms with van der Waals surface area (Å²) in [4.78, 5) is 14.6. The summed E-state index contributed by atoms with van der Waals surface area (Å²) in [7, 11) is 0. The molecule has 1 heterocycles. The monoisotopic (exact) mass is 227 g/mol. The van der Waals surface area contributed by atoms with E-state index in [1.807, 2.05) is 0 Å². The number of rotatable bonds is 4. The molecule has 0 spiro atoms. The molecule has 1 aromatic heterocycles. The fourth-order valence-electron chi connectivity index (χ4n) is 1.52. The molecule has 2 rings (SSSR count). The van der Waals surface area contributed by atoms with Crippen molar-refractivity contribution < 1.29 is 19.5 Å². The van der Waals surface area contributed by atoms with Crippen molar-refractivity contribution in [1.82, 2.24) is 15.5 Å². The van der Waals surface area contributed by atoms with Gasteiger partial charge in [-0.15, -0.1) is 0 Å². The van der Waals surface area contributed by atoms with Gasteiger partial charge in [-0.05, 0) is 19.8 Å². The van der Waals surface area contributed by atoms with Crippen LogP contribution in [0.2, 0.25) is 0 Å². The number of hydrogen-bond acceptors (Lipinski definition) is 5. The summed E-state index contributed by atoms with van der Waals surface area (Å²) < 4.78 is 5.00. The third-order valence-corrected chi connectivity index (χ3v) is 2.45. The molecule has 7 nitrogen and oxygen atoms in total. The smallest absolute Gasteiger partial charge is 0.405 e. The van der Waals surface area contributed by atoms with Crippen LogP contribution in [0.4, 0.5) is 4.79 Å². The Morgan fingerprint density at radius 2 is 2.38 bits per heavy atom. The highest BCUT2D eigenvalue weighted by atomic mass is 16.5. The number of nitrogens with zero attached hydrogens (tertiary/aromatic N) is 2. The van der Waals surface area contributed by atoms with Crippen molar-refractivity contribution in [3.8, 4) is 0 Å². The standard InChI is InChI=1S/C9H13N3O4/c1-5(13)4-6-10-7(16-12-6)9(2-3-9)11-8(14)15/h5,11,13H,2-4H2,1H3,(H,14,15). The summed E-state index contributed by atoms with van der Waals surface area (Å²) in [5, 5.41) is 23.9. The van der Waals surface area contributed by atoms with Gasteiger partial charge in [-0.25, -0.2) is 4.79 Å². The first-order valence-corrected chi connectivity index (χ1v) is 5.04. The molecule has 0 bridgehead atoms. The van der Waals surface area contributed by atoms with Crippen molar-refractivity contribution in [3.05, 3.63) is 11.7 Å². The first kappa shape index (κ1) is 10.9. The van der Waals surface area contributed by atoms with Gasteiger partial charge in [0.05, 0.1) is 6.10 Å². The zero-order chi connectivity index (χ0) is 11.8. The van der Waals surface area contributed by atoms with Crippen LogP contribution >= 0.6 is 0 Å². The van der Waals surface area contributed by atoms with E-state index in [9.17, 15) is 4.79 Å². The minimum absolute atomic E-state index is 0.283. The molecule has 7 heteroatoms. The molecule has 1 aliphatic rings. The second-order valence-electron chi connectivity index (χ2n) is 4.08. The van der Waals surface area contributed by atoms with E-state index >= 15 is 0 Å². The second-order valence-corrected chi connectivity index (χ2v) is 4.08. The molecule has 1 aliphatic carbocycles. The van der Waals surface area contributed by atoms with Crippen LogP contribution in [0, 0.1) is 0 Å². The first-order valence-electron chi connectivity index (χ1n) is 5.04. The number of aliphatic hydroxyl groups excluding tert-OH is 1. The lowest BCUT2D eigenvalue weighted by molar-refractivity contribution is 0.183. The van der Waals surface area contributed by atoms with Crippen molar-refractivity contribution in [2.24, 2.45) is 0 Å². The summed E-state index contributed by atoms with van der Waals surface area (Å²) in [5.41, 5.74) is -0.699. The SMILES string of the molecule is CC(O)Cc1noc(C2(NC(=O)O)CC2)n1. The molecule has 0 aromatic carbocycles. The van der Waals surface area contributed by atoms with Crippen molar-refractivity contribution in [1.29, 1.82) is 0 Å². The molecular formula is C9H13N3O4. The van der Waals surface area contributed by atoms with E-state index in [1.165, 1.54) is 0 Å². The number of amides is 1. The van der Waals surface area contributed by atoms with Gasteiger partial charge < -0.3 is 20.1 Å².